The molecule has 0 saturated heterocycles. The molecule has 1 aliphatic heterocycles. The fraction of sp³-hybridized carbons (Fsp3) is 0.238. The number of benzene rings is 2. The van der Waals surface area contributed by atoms with E-state index in [1.54, 1.807) is 18.2 Å². The zero-order chi connectivity index (χ0) is 18.5. The van der Waals surface area contributed by atoms with Crippen LogP contribution < -0.4 is 10.1 Å². The lowest BCUT2D eigenvalue weighted by molar-refractivity contribution is -0.130. The maximum absolute atomic E-state index is 12.5. The first-order valence-electron chi connectivity index (χ1n) is 8.54. The van der Waals surface area contributed by atoms with Gasteiger partial charge in [-0.2, -0.15) is 0 Å². The van der Waals surface area contributed by atoms with Crippen LogP contribution in [0.1, 0.15) is 36.1 Å². The Morgan fingerprint density at radius 3 is 2.62 bits per heavy atom. The van der Waals surface area contributed by atoms with Gasteiger partial charge in [-0.1, -0.05) is 42.5 Å². The minimum atomic E-state index is -0.300. The van der Waals surface area contributed by atoms with Crippen LogP contribution in [0.2, 0.25) is 0 Å². The van der Waals surface area contributed by atoms with E-state index >= 15 is 0 Å². The average Bonchev–Trinajstić information content (AvgIpc) is 2.66. The van der Waals surface area contributed by atoms with Crippen molar-refractivity contribution in [3.63, 3.8) is 0 Å². The number of para-hydroxylation sites is 1. The number of rotatable bonds is 5. The first-order valence-corrected chi connectivity index (χ1v) is 8.54. The maximum atomic E-state index is 12.5. The standard InChI is InChI=1S/C21H22N2O3/c1-15(24)23-12-11-16-7-3-5-9-18(16)19(23)13-21(25)22-14-17-8-4-6-10-20(17)26-2/h3-12,19H,13-14H2,1-2H3,(H,22,25). The van der Waals surface area contributed by atoms with E-state index in [9.17, 15) is 9.59 Å². The molecular formula is C21H22N2O3. The number of fused-ring (bicyclic) bond motifs is 1. The van der Waals surface area contributed by atoms with Crippen molar-refractivity contribution in [2.75, 3.05) is 7.11 Å². The number of hydrogen-bond donors (Lipinski definition) is 1. The average molecular weight is 350 g/mol. The normalized spacial score (nSPS) is 15.3. The lowest BCUT2D eigenvalue weighted by atomic mass is 9.93. The van der Waals surface area contributed by atoms with Crippen molar-refractivity contribution in [3.05, 3.63) is 71.4 Å². The van der Waals surface area contributed by atoms with Crippen molar-refractivity contribution < 1.29 is 14.3 Å². The highest BCUT2D eigenvalue weighted by molar-refractivity contribution is 5.81. The minimum absolute atomic E-state index is 0.0849. The van der Waals surface area contributed by atoms with Gasteiger partial charge in [0.25, 0.3) is 0 Å². The van der Waals surface area contributed by atoms with Gasteiger partial charge in [-0.05, 0) is 23.3 Å². The van der Waals surface area contributed by atoms with Gasteiger partial charge in [0.1, 0.15) is 5.75 Å². The smallest absolute Gasteiger partial charge is 0.223 e. The van der Waals surface area contributed by atoms with Gasteiger partial charge in [0, 0.05) is 25.2 Å². The van der Waals surface area contributed by atoms with Crippen molar-refractivity contribution in [2.45, 2.75) is 25.9 Å². The first-order chi connectivity index (χ1) is 12.6. The Bertz CT molecular complexity index is 845. The van der Waals surface area contributed by atoms with E-state index in [0.717, 1.165) is 22.4 Å². The Kier molecular flexibility index (Phi) is 5.37. The highest BCUT2D eigenvalue weighted by Crippen LogP contribution is 2.32. The van der Waals surface area contributed by atoms with Crippen molar-refractivity contribution in [1.82, 2.24) is 10.2 Å². The number of ether oxygens (including phenoxy) is 1. The summed E-state index contributed by atoms with van der Waals surface area (Å²) in [6, 6.07) is 15.1. The lowest BCUT2D eigenvalue weighted by Crippen LogP contribution is -2.35. The highest BCUT2D eigenvalue weighted by Gasteiger charge is 2.28. The van der Waals surface area contributed by atoms with E-state index in [2.05, 4.69) is 5.32 Å². The molecule has 0 saturated carbocycles. The third-order valence-corrected chi connectivity index (χ3v) is 4.52. The maximum Gasteiger partial charge on any atom is 0.223 e. The molecule has 2 aromatic rings. The molecule has 5 heteroatoms. The van der Waals surface area contributed by atoms with Gasteiger partial charge in [-0.3, -0.25) is 9.59 Å². The Balaban J connectivity index is 1.72. The van der Waals surface area contributed by atoms with Crippen molar-refractivity contribution >= 4 is 17.9 Å². The van der Waals surface area contributed by atoms with E-state index < -0.39 is 0 Å². The molecule has 0 fully saturated rings. The summed E-state index contributed by atoms with van der Waals surface area (Å²) in [5, 5.41) is 2.93. The monoisotopic (exact) mass is 350 g/mol. The van der Waals surface area contributed by atoms with Crippen LogP contribution in [0.15, 0.2) is 54.7 Å². The molecule has 1 atom stereocenters. The van der Waals surface area contributed by atoms with Crippen LogP contribution in [-0.2, 0) is 16.1 Å². The summed E-state index contributed by atoms with van der Waals surface area (Å²) >= 11 is 0. The first kappa shape index (κ1) is 17.7. The SMILES string of the molecule is COc1ccccc1CNC(=O)CC1c2ccccc2C=CN1C(C)=O. The molecular weight excluding hydrogens is 328 g/mol. The van der Waals surface area contributed by atoms with Crippen LogP contribution in [0.4, 0.5) is 0 Å². The van der Waals surface area contributed by atoms with Gasteiger partial charge < -0.3 is 15.0 Å². The van der Waals surface area contributed by atoms with Gasteiger partial charge >= 0.3 is 0 Å². The second-order valence-electron chi connectivity index (χ2n) is 6.18. The third-order valence-electron chi connectivity index (χ3n) is 4.52. The molecule has 2 amide bonds. The molecule has 1 N–H and O–H groups in total. The summed E-state index contributed by atoms with van der Waals surface area (Å²) in [5.41, 5.74) is 2.93. The summed E-state index contributed by atoms with van der Waals surface area (Å²) in [5.74, 6) is 0.541. The molecule has 5 nitrogen and oxygen atoms in total. The van der Waals surface area contributed by atoms with Crippen molar-refractivity contribution in [1.29, 1.82) is 0 Å². The van der Waals surface area contributed by atoms with E-state index in [4.69, 9.17) is 4.74 Å². The molecule has 26 heavy (non-hydrogen) atoms. The number of carbonyl (C=O) groups is 2. The molecule has 0 aromatic heterocycles. The van der Waals surface area contributed by atoms with Crippen LogP contribution in [0, 0.1) is 0 Å². The van der Waals surface area contributed by atoms with Gasteiger partial charge in [0.2, 0.25) is 11.8 Å². The summed E-state index contributed by atoms with van der Waals surface area (Å²) in [6.45, 7) is 1.89. The van der Waals surface area contributed by atoms with Crippen LogP contribution in [0.5, 0.6) is 5.75 Å². The summed E-state index contributed by atoms with van der Waals surface area (Å²) in [7, 11) is 1.61. The Morgan fingerprint density at radius 1 is 1.12 bits per heavy atom. The second-order valence-corrected chi connectivity index (χ2v) is 6.18. The van der Waals surface area contributed by atoms with E-state index in [1.165, 1.54) is 6.92 Å². The van der Waals surface area contributed by atoms with E-state index in [0.29, 0.717) is 6.54 Å². The summed E-state index contributed by atoms with van der Waals surface area (Å²) in [4.78, 5) is 26.2. The predicted molar refractivity (Wildman–Crippen MR) is 100 cm³/mol. The lowest BCUT2D eigenvalue weighted by Gasteiger charge is -2.32. The summed E-state index contributed by atoms with van der Waals surface area (Å²) in [6.07, 6.45) is 3.86. The summed E-state index contributed by atoms with van der Waals surface area (Å²) < 4.78 is 5.31. The fourth-order valence-electron chi connectivity index (χ4n) is 3.20. The second kappa shape index (κ2) is 7.87. The molecule has 0 aliphatic carbocycles. The third kappa shape index (κ3) is 3.77. The van der Waals surface area contributed by atoms with Gasteiger partial charge in [-0.15, -0.1) is 0 Å². The van der Waals surface area contributed by atoms with Gasteiger partial charge in [0.15, 0.2) is 0 Å². The Morgan fingerprint density at radius 2 is 1.85 bits per heavy atom. The predicted octanol–water partition coefficient (Wildman–Crippen LogP) is 3.28. The van der Waals surface area contributed by atoms with Crippen LogP contribution >= 0.6 is 0 Å². The molecule has 1 heterocycles. The number of methoxy groups -OCH3 is 1. The van der Waals surface area contributed by atoms with Crippen LogP contribution in [0.3, 0.4) is 0 Å². The molecule has 134 valence electrons. The van der Waals surface area contributed by atoms with E-state index in [-0.39, 0.29) is 24.3 Å². The molecule has 0 bridgehead atoms. The molecule has 3 rings (SSSR count). The Hall–Kier alpha value is -3.08. The fourth-order valence-corrected chi connectivity index (χ4v) is 3.20. The number of carbonyl (C=O) groups excluding carboxylic acids is 2. The zero-order valence-corrected chi connectivity index (χ0v) is 14.9. The molecule has 1 unspecified atom stereocenters. The molecule has 0 spiro atoms. The largest absolute Gasteiger partial charge is 0.496 e. The highest BCUT2D eigenvalue weighted by atomic mass is 16.5. The Labute approximate surface area is 153 Å². The molecule has 1 aliphatic rings. The van der Waals surface area contributed by atoms with Gasteiger partial charge in [0.05, 0.1) is 19.6 Å². The number of amides is 2. The number of hydrogen-bond acceptors (Lipinski definition) is 3. The minimum Gasteiger partial charge on any atom is -0.496 e. The zero-order valence-electron chi connectivity index (χ0n) is 14.9. The van der Waals surface area contributed by atoms with E-state index in [1.807, 2.05) is 54.6 Å². The topological polar surface area (TPSA) is 58.6 Å². The molecule has 2 aromatic carbocycles. The van der Waals surface area contributed by atoms with Crippen LogP contribution in [0.25, 0.3) is 6.08 Å². The number of nitrogens with zero attached hydrogens (tertiary/aromatic N) is 1. The van der Waals surface area contributed by atoms with Crippen molar-refractivity contribution in [3.8, 4) is 5.75 Å². The van der Waals surface area contributed by atoms with Gasteiger partial charge in [-0.25, -0.2) is 0 Å². The quantitative estimate of drug-likeness (QED) is 0.900. The number of nitrogens with one attached hydrogen (secondary N) is 1. The molecule has 0 radical (unpaired) electrons. The van der Waals surface area contributed by atoms with Crippen molar-refractivity contribution in [2.24, 2.45) is 0 Å². The van der Waals surface area contributed by atoms with Crippen LogP contribution in [-0.4, -0.2) is 23.8 Å².